The number of thioether (sulfide) groups is 1. The lowest BCUT2D eigenvalue weighted by Crippen LogP contribution is -2.58. The molecule has 2 rings (SSSR count). The van der Waals surface area contributed by atoms with Crippen molar-refractivity contribution in [1.82, 2.24) is 9.80 Å². The van der Waals surface area contributed by atoms with Crippen LogP contribution in [0.15, 0.2) is 0 Å². The normalized spacial score (nSPS) is 30.3. The first-order valence-corrected chi connectivity index (χ1v) is 5.26. The van der Waals surface area contributed by atoms with Crippen LogP contribution in [0.5, 0.6) is 0 Å². The van der Waals surface area contributed by atoms with Crippen molar-refractivity contribution in [1.29, 1.82) is 0 Å². The Balaban J connectivity index is 1.91. The minimum absolute atomic E-state index is 0.178. The van der Waals surface area contributed by atoms with Crippen molar-refractivity contribution in [3.63, 3.8) is 0 Å². The molecule has 68 valence electrons. The monoisotopic (exact) mass is 188 g/mol. The van der Waals surface area contributed by atoms with Gasteiger partial charge in [0.15, 0.2) is 0 Å². The van der Waals surface area contributed by atoms with Crippen LogP contribution in [0.4, 0.5) is 4.79 Å². The molecule has 0 aromatic carbocycles. The first-order valence-electron chi connectivity index (χ1n) is 4.10. The van der Waals surface area contributed by atoms with Gasteiger partial charge in [-0.3, -0.25) is 9.80 Å². The van der Waals surface area contributed by atoms with Crippen molar-refractivity contribution in [3.8, 4) is 0 Å². The summed E-state index contributed by atoms with van der Waals surface area (Å²) in [5, 5.41) is 8.76. The summed E-state index contributed by atoms with van der Waals surface area (Å²) in [7, 11) is 0. The Morgan fingerprint density at radius 2 is 2.33 bits per heavy atom. The van der Waals surface area contributed by atoms with E-state index < -0.39 is 6.09 Å². The second-order valence-electron chi connectivity index (χ2n) is 3.09. The van der Waals surface area contributed by atoms with Crippen LogP contribution in [0.3, 0.4) is 0 Å². The molecule has 2 aliphatic rings. The van der Waals surface area contributed by atoms with Gasteiger partial charge in [0.1, 0.15) is 0 Å². The summed E-state index contributed by atoms with van der Waals surface area (Å²) in [6, 6.07) is 0. The minimum atomic E-state index is -0.775. The fraction of sp³-hybridized carbons (Fsp3) is 0.857. The van der Waals surface area contributed by atoms with Crippen LogP contribution in [-0.4, -0.2) is 51.9 Å². The third-order valence-corrected chi connectivity index (χ3v) is 3.42. The molecule has 0 spiro atoms. The van der Waals surface area contributed by atoms with Gasteiger partial charge in [-0.2, -0.15) is 0 Å². The van der Waals surface area contributed by atoms with Crippen LogP contribution in [0, 0.1) is 0 Å². The summed E-state index contributed by atoms with van der Waals surface area (Å²) >= 11 is 1.88. The quantitative estimate of drug-likeness (QED) is 0.658. The van der Waals surface area contributed by atoms with E-state index in [1.807, 2.05) is 11.8 Å². The maximum atomic E-state index is 10.6. The van der Waals surface area contributed by atoms with E-state index in [9.17, 15) is 4.79 Å². The van der Waals surface area contributed by atoms with E-state index >= 15 is 0 Å². The summed E-state index contributed by atoms with van der Waals surface area (Å²) in [4.78, 5) is 14.4. The molecule has 2 fully saturated rings. The summed E-state index contributed by atoms with van der Waals surface area (Å²) in [5.74, 6) is 2.14. The number of amides is 1. The number of rotatable bonds is 1. The molecule has 2 saturated heterocycles. The van der Waals surface area contributed by atoms with E-state index in [1.54, 1.807) is 0 Å². The lowest BCUT2D eigenvalue weighted by molar-refractivity contribution is -0.00498. The predicted octanol–water partition coefficient (Wildman–Crippen LogP) is 0.702. The second kappa shape index (κ2) is 3.14. The molecular formula is C7H12N2O2S. The molecule has 1 atom stereocenters. The average molecular weight is 188 g/mol. The molecule has 1 unspecified atom stereocenters. The second-order valence-corrected chi connectivity index (χ2v) is 4.17. The van der Waals surface area contributed by atoms with Gasteiger partial charge in [0.05, 0.1) is 6.17 Å². The summed E-state index contributed by atoms with van der Waals surface area (Å²) in [6.07, 6.45) is 0.410. The fourth-order valence-electron chi connectivity index (χ4n) is 1.64. The maximum absolute atomic E-state index is 10.6. The third kappa shape index (κ3) is 1.27. The van der Waals surface area contributed by atoms with Crippen molar-refractivity contribution in [2.75, 3.05) is 24.7 Å². The molecule has 1 N–H and O–H groups in total. The SMILES string of the molecule is O=C(O)N1CCC1N1CCSC1. The molecule has 0 radical (unpaired) electrons. The molecular weight excluding hydrogens is 176 g/mol. The first-order chi connectivity index (χ1) is 5.79. The van der Waals surface area contributed by atoms with Crippen LogP contribution >= 0.6 is 11.8 Å². The number of hydrogen-bond donors (Lipinski definition) is 1. The molecule has 5 heteroatoms. The number of hydrogen-bond acceptors (Lipinski definition) is 3. The zero-order valence-corrected chi connectivity index (χ0v) is 7.59. The molecule has 2 heterocycles. The lowest BCUT2D eigenvalue weighted by atomic mass is 10.1. The van der Waals surface area contributed by atoms with Gasteiger partial charge in [0.2, 0.25) is 0 Å². The van der Waals surface area contributed by atoms with Gasteiger partial charge in [-0.05, 0) is 6.42 Å². The predicted molar refractivity (Wildman–Crippen MR) is 47.2 cm³/mol. The highest BCUT2D eigenvalue weighted by Crippen LogP contribution is 2.26. The molecule has 1 amide bonds. The average Bonchev–Trinajstić information content (AvgIpc) is 2.35. The Hall–Kier alpha value is -0.420. The van der Waals surface area contributed by atoms with Crippen LogP contribution < -0.4 is 0 Å². The van der Waals surface area contributed by atoms with Crippen molar-refractivity contribution in [3.05, 3.63) is 0 Å². The third-order valence-electron chi connectivity index (χ3n) is 2.44. The van der Waals surface area contributed by atoms with Gasteiger partial charge in [-0.15, -0.1) is 11.8 Å². The van der Waals surface area contributed by atoms with Gasteiger partial charge in [0, 0.05) is 24.7 Å². The van der Waals surface area contributed by atoms with Crippen molar-refractivity contribution in [2.45, 2.75) is 12.6 Å². The Bertz CT molecular complexity index is 194. The Morgan fingerprint density at radius 1 is 1.50 bits per heavy atom. The summed E-state index contributed by atoms with van der Waals surface area (Å²) in [6.45, 7) is 1.75. The highest BCUT2D eigenvalue weighted by atomic mass is 32.2. The van der Waals surface area contributed by atoms with E-state index in [0.29, 0.717) is 6.54 Å². The largest absolute Gasteiger partial charge is 0.465 e. The van der Waals surface area contributed by atoms with Gasteiger partial charge >= 0.3 is 6.09 Å². The van der Waals surface area contributed by atoms with Crippen molar-refractivity contribution < 1.29 is 9.90 Å². The molecule has 0 aromatic rings. The minimum Gasteiger partial charge on any atom is -0.465 e. The number of carbonyl (C=O) groups is 1. The van der Waals surface area contributed by atoms with Gasteiger partial charge < -0.3 is 5.11 Å². The zero-order valence-electron chi connectivity index (χ0n) is 6.77. The Labute approximate surface area is 75.5 Å². The van der Waals surface area contributed by atoms with Crippen LogP contribution in [0.1, 0.15) is 6.42 Å². The van der Waals surface area contributed by atoms with Crippen LogP contribution in [0.2, 0.25) is 0 Å². The van der Waals surface area contributed by atoms with E-state index in [0.717, 1.165) is 24.6 Å². The van der Waals surface area contributed by atoms with Crippen LogP contribution in [0.25, 0.3) is 0 Å². The molecule has 0 aromatic heterocycles. The molecule has 0 bridgehead atoms. The van der Waals surface area contributed by atoms with Gasteiger partial charge in [0.25, 0.3) is 0 Å². The zero-order chi connectivity index (χ0) is 8.55. The molecule has 2 aliphatic heterocycles. The summed E-state index contributed by atoms with van der Waals surface area (Å²) < 4.78 is 0. The first kappa shape index (κ1) is 8.19. The molecule has 12 heavy (non-hydrogen) atoms. The number of nitrogens with zero attached hydrogens (tertiary/aromatic N) is 2. The standard InChI is InChI=1S/C7H12N2O2S/c10-7(11)9-2-1-6(9)8-3-4-12-5-8/h6H,1-5H2,(H,10,11). The molecule has 0 saturated carbocycles. The van der Waals surface area contributed by atoms with Crippen molar-refractivity contribution in [2.24, 2.45) is 0 Å². The van der Waals surface area contributed by atoms with E-state index in [1.165, 1.54) is 4.90 Å². The smallest absolute Gasteiger partial charge is 0.408 e. The van der Waals surface area contributed by atoms with Gasteiger partial charge in [-0.1, -0.05) is 0 Å². The Kier molecular flexibility index (Phi) is 2.14. The maximum Gasteiger partial charge on any atom is 0.408 e. The lowest BCUT2D eigenvalue weighted by Gasteiger charge is -2.43. The highest BCUT2D eigenvalue weighted by Gasteiger charge is 2.37. The van der Waals surface area contributed by atoms with E-state index in [4.69, 9.17) is 5.11 Å². The fourth-order valence-corrected chi connectivity index (χ4v) is 2.67. The van der Waals surface area contributed by atoms with Crippen molar-refractivity contribution >= 4 is 17.9 Å². The number of likely N-dealkylation sites (tertiary alicyclic amines) is 1. The highest BCUT2D eigenvalue weighted by molar-refractivity contribution is 7.99. The van der Waals surface area contributed by atoms with Crippen LogP contribution in [-0.2, 0) is 0 Å². The summed E-state index contributed by atoms with van der Waals surface area (Å²) in [5.41, 5.74) is 0. The number of carboxylic acid groups (broad SMARTS) is 1. The molecule has 4 nitrogen and oxygen atoms in total. The van der Waals surface area contributed by atoms with Gasteiger partial charge in [-0.25, -0.2) is 4.79 Å². The van der Waals surface area contributed by atoms with E-state index in [-0.39, 0.29) is 6.17 Å². The van der Waals surface area contributed by atoms with E-state index in [2.05, 4.69) is 4.90 Å². The Morgan fingerprint density at radius 3 is 2.75 bits per heavy atom. The molecule has 0 aliphatic carbocycles. The topological polar surface area (TPSA) is 43.8 Å².